The van der Waals surface area contributed by atoms with Gasteiger partial charge in [-0.05, 0) is 80.6 Å². The van der Waals surface area contributed by atoms with Gasteiger partial charge in [0, 0.05) is 18.8 Å². The van der Waals surface area contributed by atoms with E-state index >= 15 is 0 Å². The highest BCUT2D eigenvalue weighted by Gasteiger charge is 2.31. The van der Waals surface area contributed by atoms with Crippen LogP contribution in [0, 0.1) is 17.2 Å². The molecule has 1 unspecified atom stereocenters. The van der Waals surface area contributed by atoms with Gasteiger partial charge in [0.25, 0.3) is 0 Å². The maximum absolute atomic E-state index is 10.8. The van der Waals surface area contributed by atoms with Gasteiger partial charge in [0.2, 0.25) is 0 Å². The van der Waals surface area contributed by atoms with Crippen molar-refractivity contribution in [2.75, 3.05) is 26.0 Å². The fourth-order valence-corrected chi connectivity index (χ4v) is 4.38. The van der Waals surface area contributed by atoms with Crippen molar-refractivity contribution in [1.29, 1.82) is 5.26 Å². The van der Waals surface area contributed by atoms with Crippen LogP contribution in [0.4, 0.5) is 10.5 Å². The fourth-order valence-electron chi connectivity index (χ4n) is 4.38. The molecule has 2 aliphatic rings. The molecule has 1 saturated heterocycles. The van der Waals surface area contributed by atoms with Crippen LogP contribution in [-0.2, 0) is 12.8 Å². The van der Waals surface area contributed by atoms with E-state index in [9.17, 15) is 4.79 Å². The van der Waals surface area contributed by atoms with Gasteiger partial charge in [-0.15, -0.1) is 0 Å². The summed E-state index contributed by atoms with van der Waals surface area (Å²) in [5.74, 6) is 0.877. The van der Waals surface area contributed by atoms with E-state index in [0.29, 0.717) is 11.3 Å². The van der Waals surface area contributed by atoms with E-state index in [0.717, 1.165) is 12.0 Å². The van der Waals surface area contributed by atoms with E-state index < -0.39 is 0 Å². The molecule has 29 heavy (non-hydrogen) atoms. The van der Waals surface area contributed by atoms with Gasteiger partial charge >= 0.3 is 6.03 Å². The first-order chi connectivity index (χ1) is 14.1. The number of amides is 2. The zero-order chi connectivity index (χ0) is 20.6. The lowest BCUT2D eigenvalue weighted by molar-refractivity contribution is 0.132. The van der Waals surface area contributed by atoms with E-state index in [1.807, 2.05) is 6.07 Å². The first kappa shape index (κ1) is 20.9. The van der Waals surface area contributed by atoms with Crippen LogP contribution in [-0.4, -0.2) is 37.6 Å². The van der Waals surface area contributed by atoms with Crippen LogP contribution >= 0.6 is 0 Å². The Hall–Kier alpha value is -2.84. The maximum Gasteiger partial charge on any atom is 0.318 e. The van der Waals surface area contributed by atoms with Crippen molar-refractivity contribution in [2.45, 2.75) is 38.1 Å². The molecule has 1 fully saturated rings. The third-order valence-corrected chi connectivity index (χ3v) is 5.95. The van der Waals surface area contributed by atoms with Gasteiger partial charge in [0.15, 0.2) is 0 Å². The number of piperidine rings is 1. The minimum Gasteiger partial charge on any atom is -0.341 e. The summed E-state index contributed by atoms with van der Waals surface area (Å²) in [6, 6.07) is 18.2. The van der Waals surface area contributed by atoms with Crippen molar-refractivity contribution in [2.24, 2.45) is 5.92 Å². The lowest BCUT2D eigenvalue weighted by atomic mass is 9.88. The highest BCUT2D eigenvalue weighted by atomic mass is 16.2. The smallest absolute Gasteiger partial charge is 0.318 e. The fraction of sp³-hybridized carbons (Fsp3) is 0.417. The molecule has 0 bridgehead atoms. The number of hydrogen-bond donors (Lipinski definition) is 2. The molecule has 1 aliphatic carbocycles. The molecular weight excluding hydrogens is 360 g/mol. The molecule has 0 aromatic heterocycles. The molecule has 2 N–H and O–H groups in total. The number of nitriles is 1. The van der Waals surface area contributed by atoms with Gasteiger partial charge in [-0.3, -0.25) is 0 Å². The topological polar surface area (TPSA) is 68.2 Å². The number of hydrogen-bond acceptors (Lipinski definition) is 3. The second-order valence-corrected chi connectivity index (χ2v) is 7.87. The first-order valence-corrected chi connectivity index (χ1v) is 10.4. The van der Waals surface area contributed by atoms with Crippen molar-refractivity contribution in [3.63, 3.8) is 0 Å². The van der Waals surface area contributed by atoms with Crippen molar-refractivity contribution in [1.82, 2.24) is 10.2 Å². The number of likely N-dealkylation sites (tertiary alicyclic amines) is 1. The predicted octanol–water partition coefficient (Wildman–Crippen LogP) is 4.20. The summed E-state index contributed by atoms with van der Waals surface area (Å²) in [7, 11) is 3.85. The molecule has 0 radical (unpaired) electrons. The van der Waals surface area contributed by atoms with E-state index in [4.69, 9.17) is 5.26 Å². The normalized spacial score (nSPS) is 18.7. The van der Waals surface area contributed by atoms with E-state index in [2.05, 4.69) is 46.8 Å². The summed E-state index contributed by atoms with van der Waals surface area (Å²) < 4.78 is 0. The molecule has 1 heterocycles. The van der Waals surface area contributed by atoms with Crippen LogP contribution in [0.2, 0.25) is 0 Å². The number of benzene rings is 2. The van der Waals surface area contributed by atoms with E-state index in [1.54, 1.807) is 42.4 Å². The number of nitrogens with one attached hydrogen (secondary N) is 2. The Bertz CT molecular complexity index is 831. The van der Waals surface area contributed by atoms with Crippen LogP contribution in [0.25, 0.3) is 0 Å². The highest BCUT2D eigenvalue weighted by Crippen LogP contribution is 2.33. The van der Waals surface area contributed by atoms with Gasteiger partial charge < -0.3 is 15.5 Å². The first-order valence-electron chi connectivity index (χ1n) is 10.4. The van der Waals surface area contributed by atoms with E-state index in [-0.39, 0.29) is 6.03 Å². The minimum absolute atomic E-state index is 0.273. The Kier molecular flexibility index (Phi) is 7.26. The SMILES string of the molecule is CN1CCCCC1C1Cc2ccccc2C1.CNC(=O)Nc1ccc(C#N)cc1. The third-order valence-electron chi connectivity index (χ3n) is 5.95. The second-order valence-electron chi connectivity index (χ2n) is 7.87. The number of anilines is 1. The summed E-state index contributed by atoms with van der Waals surface area (Å²) in [5, 5.41) is 13.5. The Balaban J connectivity index is 0.000000170. The summed E-state index contributed by atoms with van der Waals surface area (Å²) in [6.45, 7) is 1.30. The van der Waals surface area contributed by atoms with Crippen molar-refractivity contribution in [3.05, 3.63) is 65.2 Å². The van der Waals surface area contributed by atoms with E-state index in [1.165, 1.54) is 38.6 Å². The summed E-state index contributed by atoms with van der Waals surface area (Å²) in [5.41, 5.74) is 4.44. The standard InChI is InChI=1S/C15H21N.C9H9N3O/c1-16-9-5-4-8-15(16)14-10-12-6-2-3-7-13(12)11-14;1-11-9(13)12-8-4-2-7(6-10)3-5-8/h2-3,6-7,14-15H,4-5,8-11H2,1H3;2-5H,1H3,(H2,11,12,13). The molecule has 0 spiro atoms. The molecular formula is C24H30N4O. The van der Waals surface area contributed by atoms with Crippen LogP contribution < -0.4 is 10.6 Å². The van der Waals surface area contributed by atoms with Crippen molar-refractivity contribution in [3.8, 4) is 6.07 Å². The molecule has 4 rings (SSSR count). The largest absolute Gasteiger partial charge is 0.341 e. The third kappa shape index (κ3) is 5.58. The van der Waals surface area contributed by atoms with Crippen LogP contribution in [0.3, 0.4) is 0 Å². The lowest BCUT2D eigenvalue weighted by Gasteiger charge is -2.36. The molecule has 1 atom stereocenters. The molecule has 2 aromatic rings. The minimum atomic E-state index is -0.273. The highest BCUT2D eigenvalue weighted by molar-refractivity contribution is 5.88. The number of rotatable bonds is 2. The van der Waals surface area contributed by atoms with Crippen molar-refractivity contribution >= 4 is 11.7 Å². The van der Waals surface area contributed by atoms with Gasteiger partial charge in [0.1, 0.15) is 0 Å². The summed E-state index contributed by atoms with van der Waals surface area (Å²) >= 11 is 0. The summed E-state index contributed by atoms with van der Waals surface area (Å²) in [6.07, 6.45) is 6.86. The number of urea groups is 1. The molecule has 152 valence electrons. The monoisotopic (exact) mass is 390 g/mol. The summed E-state index contributed by atoms with van der Waals surface area (Å²) in [4.78, 5) is 13.4. The van der Waals surface area contributed by atoms with Gasteiger partial charge in [-0.2, -0.15) is 5.26 Å². The Morgan fingerprint density at radius 1 is 1.07 bits per heavy atom. The average Bonchev–Trinajstić information content (AvgIpc) is 3.19. The van der Waals surface area contributed by atoms with Gasteiger partial charge in [-0.1, -0.05) is 30.7 Å². The average molecular weight is 391 g/mol. The quantitative estimate of drug-likeness (QED) is 0.808. The second kappa shape index (κ2) is 10.1. The zero-order valence-corrected chi connectivity index (χ0v) is 17.3. The molecule has 1 aliphatic heterocycles. The Labute approximate surface area is 173 Å². The number of carbonyl (C=O) groups is 1. The molecule has 2 aromatic carbocycles. The predicted molar refractivity (Wildman–Crippen MR) is 117 cm³/mol. The van der Waals surface area contributed by atoms with Gasteiger partial charge in [-0.25, -0.2) is 4.79 Å². The van der Waals surface area contributed by atoms with Crippen LogP contribution in [0.15, 0.2) is 48.5 Å². The van der Waals surface area contributed by atoms with Gasteiger partial charge in [0.05, 0.1) is 11.6 Å². The Morgan fingerprint density at radius 3 is 2.28 bits per heavy atom. The Morgan fingerprint density at radius 2 is 1.72 bits per heavy atom. The molecule has 5 nitrogen and oxygen atoms in total. The molecule has 5 heteroatoms. The number of nitrogens with zero attached hydrogens (tertiary/aromatic N) is 2. The maximum atomic E-state index is 10.8. The molecule has 2 amide bonds. The van der Waals surface area contributed by atoms with Crippen molar-refractivity contribution < 1.29 is 4.79 Å². The zero-order valence-electron chi connectivity index (χ0n) is 17.3. The van der Waals surface area contributed by atoms with Crippen LogP contribution in [0.5, 0.6) is 0 Å². The van der Waals surface area contributed by atoms with Crippen LogP contribution in [0.1, 0.15) is 36.0 Å². The molecule has 0 saturated carbocycles. The number of fused-ring (bicyclic) bond motifs is 1. The lowest BCUT2D eigenvalue weighted by Crippen LogP contribution is -2.41. The number of carbonyl (C=O) groups excluding carboxylic acids is 1.